The van der Waals surface area contributed by atoms with Crippen molar-refractivity contribution in [3.05, 3.63) is 126 Å². The number of rotatable bonds is 4. The highest BCUT2D eigenvalue weighted by Gasteiger charge is 2.32. The van der Waals surface area contributed by atoms with Crippen molar-refractivity contribution in [3.8, 4) is 11.4 Å². The third-order valence-corrected chi connectivity index (χ3v) is 6.73. The molecule has 34 heavy (non-hydrogen) atoms. The minimum Gasteiger partial charge on any atom is -0.507 e. The number of para-hydroxylation sites is 2. The van der Waals surface area contributed by atoms with Gasteiger partial charge in [-0.05, 0) is 48.9 Å². The average molecular weight is 517 g/mol. The fourth-order valence-corrected chi connectivity index (χ4v) is 4.72. The smallest absolute Gasteiger partial charge is 0.344 e. The molecular weight excluding hydrogens is 496 g/mol. The SMILES string of the molecule is Cc1c([C@@H](c2ccc(Br)cc2)c2c(O)c3ccccc3oc2=O)c(=O)n(-c2ccccc2)n1C. The van der Waals surface area contributed by atoms with Crippen LogP contribution in [0, 0.1) is 6.92 Å². The topological polar surface area (TPSA) is 77.4 Å². The molecule has 0 aliphatic rings. The molecule has 2 heterocycles. The van der Waals surface area contributed by atoms with E-state index in [1.165, 1.54) is 0 Å². The molecule has 5 aromatic rings. The number of hydrogen-bond acceptors (Lipinski definition) is 4. The Morgan fingerprint density at radius 2 is 1.53 bits per heavy atom. The molecule has 0 saturated heterocycles. The highest BCUT2D eigenvalue weighted by atomic mass is 79.9. The molecule has 0 amide bonds. The van der Waals surface area contributed by atoms with Crippen molar-refractivity contribution in [2.45, 2.75) is 12.8 Å². The van der Waals surface area contributed by atoms with Crippen LogP contribution in [0.2, 0.25) is 0 Å². The molecule has 0 unspecified atom stereocenters. The second kappa shape index (κ2) is 8.50. The Morgan fingerprint density at radius 1 is 0.882 bits per heavy atom. The first kappa shape index (κ1) is 22.0. The summed E-state index contributed by atoms with van der Waals surface area (Å²) in [6, 6.07) is 23.5. The summed E-state index contributed by atoms with van der Waals surface area (Å²) in [5.41, 5.74) is 1.83. The van der Waals surface area contributed by atoms with E-state index in [2.05, 4.69) is 15.9 Å². The van der Waals surface area contributed by atoms with E-state index >= 15 is 0 Å². The first-order valence-corrected chi connectivity index (χ1v) is 11.5. The van der Waals surface area contributed by atoms with Crippen molar-refractivity contribution in [1.29, 1.82) is 0 Å². The van der Waals surface area contributed by atoms with Gasteiger partial charge in [0.1, 0.15) is 11.3 Å². The Balaban J connectivity index is 1.87. The zero-order valence-corrected chi connectivity index (χ0v) is 20.1. The summed E-state index contributed by atoms with van der Waals surface area (Å²) in [5, 5.41) is 11.7. The lowest BCUT2D eigenvalue weighted by molar-refractivity contribution is 0.455. The molecule has 0 radical (unpaired) electrons. The van der Waals surface area contributed by atoms with Gasteiger partial charge in [-0.15, -0.1) is 0 Å². The van der Waals surface area contributed by atoms with Gasteiger partial charge >= 0.3 is 5.63 Å². The predicted molar refractivity (Wildman–Crippen MR) is 135 cm³/mol. The van der Waals surface area contributed by atoms with Crippen molar-refractivity contribution in [2.24, 2.45) is 7.05 Å². The number of hydrogen-bond donors (Lipinski definition) is 1. The van der Waals surface area contributed by atoms with Gasteiger partial charge in [-0.1, -0.05) is 58.4 Å². The van der Waals surface area contributed by atoms with Crippen LogP contribution in [0.3, 0.4) is 0 Å². The van der Waals surface area contributed by atoms with Gasteiger partial charge in [-0.2, -0.15) is 0 Å². The van der Waals surface area contributed by atoms with Crippen LogP contribution in [0.15, 0.2) is 97.3 Å². The molecule has 0 fully saturated rings. The molecule has 0 bridgehead atoms. The van der Waals surface area contributed by atoms with Crippen molar-refractivity contribution in [1.82, 2.24) is 9.36 Å². The van der Waals surface area contributed by atoms with Crippen LogP contribution in [0.4, 0.5) is 0 Å². The molecule has 6 nitrogen and oxygen atoms in total. The largest absolute Gasteiger partial charge is 0.507 e. The molecule has 1 N–H and O–H groups in total. The highest BCUT2D eigenvalue weighted by molar-refractivity contribution is 9.10. The lowest BCUT2D eigenvalue weighted by atomic mass is 9.85. The third-order valence-electron chi connectivity index (χ3n) is 6.20. The van der Waals surface area contributed by atoms with E-state index in [1.54, 1.807) is 40.7 Å². The molecule has 0 aliphatic carbocycles. The molecule has 170 valence electrons. The molecule has 2 aromatic heterocycles. The van der Waals surface area contributed by atoms with Gasteiger partial charge in [0, 0.05) is 17.2 Å². The minimum absolute atomic E-state index is 0.0343. The standard InChI is InChI=1S/C27H21BrN2O4/c1-16-22(26(32)30(29(16)2)19-8-4-3-5-9-19)23(17-12-14-18(28)15-13-17)24-25(31)20-10-6-7-11-21(20)34-27(24)33/h3-15,23,31H,1-2H3/t23-/m1/s1. The number of aromatic nitrogens is 2. The van der Waals surface area contributed by atoms with E-state index in [9.17, 15) is 14.7 Å². The minimum atomic E-state index is -0.836. The average Bonchev–Trinajstić information content (AvgIpc) is 3.06. The Labute approximate surface area is 203 Å². The molecule has 7 heteroatoms. The maximum Gasteiger partial charge on any atom is 0.344 e. The number of benzene rings is 3. The van der Waals surface area contributed by atoms with E-state index in [1.807, 2.05) is 61.5 Å². The Kier molecular flexibility index (Phi) is 5.49. The van der Waals surface area contributed by atoms with Gasteiger partial charge in [0.05, 0.1) is 28.1 Å². The van der Waals surface area contributed by atoms with Gasteiger partial charge < -0.3 is 9.52 Å². The zero-order valence-electron chi connectivity index (χ0n) is 18.5. The molecule has 3 aromatic carbocycles. The molecule has 5 rings (SSSR count). The van der Waals surface area contributed by atoms with Gasteiger partial charge in [0.2, 0.25) is 0 Å². The summed E-state index contributed by atoms with van der Waals surface area (Å²) in [6.45, 7) is 1.84. The molecule has 1 atom stereocenters. The van der Waals surface area contributed by atoms with Crippen molar-refractivity contribution >= 4 is 26.9 Å². The fourth-order valence-electron chi connectivity index (χ4n) is 4.46. The fraction of sp³-hybridized carbons (Fsp3) is 0.111. The summed E-state index contributed by atoms with van der Waals surface area (Å²) >= 11 is 3.44. The zero-order chi connectivity index (χ0) is 24.0. The second-order valence-electron chi connectivity index (χ2n) is 8.11. The Bertz CT molecular complexity index is 1630. The molecule has 0 saturated carbocycles. The van der Waals surface area contributed by atoms with Gasteiger partial charge in [0.25, 0.3) is 5.56 Å². The lowest BCUT2D eigenvalue weighted by Crippen LogP contribution is -2.24. The van der Waals surface area contributed by atoms with Crippen LogP contribution >= 0.6 is 15.9 Å². The summed E-state index contributed by atoms with van der Waals surface area (Å²) in [7, 11) is 1.80. The maximum absolute atomic E-state index is 13.9. The number of halogens is 1. The van der Waals surface area contributed by atoms with E-state index in [0.29, 0.717) is 27.9 Å². The maximum atomic E-state index is 13.9. The summed E-state index contributed by atoms with van der Waals surface area (Å²) in [6.07, 6.45) is 0. The van der Waals surface area contributed by atoms with Crippen molar-refractivity contribution < 1.29 is 9.52 Å². The van der Waals surface area contributed by atoms with Gasteiger partial charge in [-0.25, -0.2) is 9.48 Å². The summed E-state index contributed by atoms with van der Waals surface area (Å²) < 4.78 is 9.77. The Hall–Kier alpha value is -3.84. The van der Waals surface area contributed by atoms with Crippen LogP contribution in [-0.2, 0) is 7.05 Å². The number of aromatic hydroxyl groups is 1. The quantitative estimate of drug-likeness (QED) is 0.331. The van der Waals surface area contributed by atoms with Crippen LogP contribution in [0.25, 0.3) is 16.7 Å². The monoisotopic (exact) mass is 516 g/mol. The normalized spacial score (nSPS) is 12.2. The first-order valence-electron chi connectivity index (χ1n) is 10.7. The second-order valence-corrected chi connectivity index (χ2v) is 9.02. The van der Waals surface area contributed by atoms with E-state index in [4.69, 9.17) is 4.42 Å². The van der Waals surface area contributed by atoms with E-state index < -0.39 is 11.5 Å². The van der Waals surface area contributed by atoms with Crippen molar-refractivity contribution in [2.75, 3.05) is 0 Å². The van der Waals surface area contributed by atoms with Gasteiger partial charge in [0.15, 0.2) is 0 Å². The Morgan fingerprint density at radius 3 is 2.24 bits per heavy atom. The molecular formula is C27H21BrN2O4. The van der Waals surface area contributed by atoms with Crippen LogP contribution < -0.4 is 11.2 Å². The predicted octanol–water partition coefficient (Wildman–Crippen LogP) is 5.24. The van der Waals surface area contributed by atoms with Crippen LogP contribution in [0.5, 0.6) is 5.75 Å². The number of nitrogens with zero attached hydrogens (tertiary/aromatic N) is 2. The lowest BCUT2D eigenvalue weighted by Gasteiger charge is -2.18. The summed E-state index contributed by atoms with van der Waals surface area (Å²) in [5.74, 6) is -1.02. The van der Waals surface area contributed by atoms with Crippen LogP contribution in [-0.4, -0.2) is 14.5 Å². The molecule has 0 aliphatic heterocycles. The van der Waals surface area contributed by atoms with Gasteiger partial charge in [-0.3, -0.25) is 9.48 Å². The van der Waals surface area contributed by atoms with Crippen LogP contribution in [0.1, 0.15) is 28.3 Å². The van der Waals surface area contributed by atoms with Crippen molar-refractivity contribution in [3.63, 3.8) is 0 Å². The van der Waals surface area contributed by atoms with E-state index in [-0.39, 0.29) is 22.5 Å². The molecule has 0 spiro atoms. The third kappa shape index (κ3) is 3.49. The van der Waals surface area contributed by atoms with E-state index in [0.717, 1.165) is 4.47 Å². The summed E-state index contributed by atoms with van der Waals surface area (Å²) in [4.78, 5) is 27.1. The highest BCUT2D eigenvalue weighted by Crippen LogP contribution is 2.38. The first-order chi connectivity index (χ1) is 16.4. The number of fused-ring (bicyclic) bond motifs is 1.